The molecule has 0 aromatic carbocycles. The Morgan fingerprint density at radius 1 is 1.20 bits per heavy atom. The fourth-order valence-electron chi connectivity index (χ4n) is 1.07. The van der Waals surface area contributed by atoms with Gasteiger partial charge in [0.1, 0.15) is 0 Å². The quantitative estimate of drug-likeness (QED) is 0.585. The van der Waals surface area contributed by atoms with E-state index < -0.39 is 8.84 Å². The van der Waals surface area contributed by atoms with Crippen molar-refractivity contribution in [2.75, 3.05) is 0 Å². The molecule has 1 saturated carbocycles. The van der Waals surface area contributed by atoms with Gasteiger partial charge in [0.15, 0.2) is 8.84 Å². The zero-order valence-corrected chi connectivity index (χ0v) is 8.47. The summed E-state index contributed by atoms with van der Waals surface area (Å²) in [4.78, 5) is 0. The molecule has 4 heteroatoms. The maximum atomic E-state index is 11.4. The van der Waals surface area contributed by atoms with Crippen LogP contribution < -0.4 is 0 Å². The van der Waals surface area contributed by atoms with Crippen LogP contribution in [0.1, 0.15) is 25.7 Å². The van der Waals surface area contributed by atoms with E-state index >= 15 is 0 Å². The van der Waals surface area contributed by atoms with Gasteiger partial charge in [0.25, 0.3) is 0 Å². The van der Waals surface area contributed by atoms with E-state index in [0.717, 1.165) is 12.8 Å². The summed E-state index contributed by atoms with van der Waals surface area (Å²) < 4.78 is -2.45. The van der Waals surface area contributed by atoms with Gasteiger partial charge in [-0.3, -0.25) is 0 Å². The number of hydrogen-bond acceptors (Lipinski definition) is 0. The Labute approximate surface area is 78.8 Å². The molecule has 10 heavy (non-hydrogen) atoms. The molecule has 0 spiro atoms. The molecule has 1 rings (SSSR count). The first kappa shape index (κ1) is 9.11. The van der Waals surface area contributed by atoms with Crippen molar-refractivity contribution in [2.45, 2.75) is 34.5 Å². The van der Waals surface area contributed by atoms with Gasteiger partial charge in [-0.05, 0) is 35.2 Å². The Morgan fingerprint density at radius 2 is 1.70 bits per heavy atom. The molecule has 0 aromatic heterocycles. The van der Waals surface area contributed by atoms with Gasteiger partial charge in [0.2, 0.25) is 0 Å². The summed E-state index contributed by atoms with van der Waals surface area (Å²) in [5, 5.41) is 11.4. The lowest BCUT2D eigenvalue weighted by Crippen LogP contribution is -2.42. The summed E-state index contributed by atoms with van der Waals surface area (Å²) in [6.07, 6.45) is 2.96. The summed E-state index contributed by atoms with van der Waals surface area (Å²) in [5.41, 5.74) is 0. The molecule has 0 amide bonds. The zero-order valence-electron chi connectivity index (χ0n) is 5.37. The molecule has 1 radical (unpaired) electrons. The smallest absolute Gasteiger partial charge is 0.190 e. The first-order valence-electron chi connectivity index (χ1n) is 3.23. The molecule has 0 aromatic rings. The van der Waals surface area contributed by atoms with E-state index in [1.807, 2.05) is 0 Å². The number of alkyl halides is 3. The highest BCUT2D eigenvalue weighted by atomic mass is 79.9. The van der Waals surface area contributed by atoms with Crippen LogP contribution in [0, 0.1) is 0 Å². The van der Waals surface area contributed by atoms with Crippen LogP contribution >= 0.6 is 39.1 Å². The monoisotopic (exact) mass is 245 g/mol. The summed E-state index contributed by atoms with van der Waals surface area (Å²) >= 11 is 14.5. The van der Waals surface area contributed by atoms with E-state index in [1.165, 1.54) is 0 Å². The first-order chi connectivity index (χ1) is 4.46. The highest BCUT2D eigenvalue weighted by Gasteiger charge is 2.49. The van der Waals surface area contributed by atoms with Crippen LogP contribution in [0.5, 0.6) is 0 Å². The van der Waals surface area contributed by atoms with Crippen molar-refractivity contribution in [1.82, 2.24) is 0 Å². The minimum absolute atomic E-state index is 0.514. The molecule has 1 unspecified atom stereocenters. The molecule has 0 aliphatic heterocycles. The molecule has 59 valence electrons. The second-order valence-electron chi connectivity index (χ2n) is 2.64. The summed E-state index contributed by atoms with van der Waals surface area (Å²) in [6, 6.07) is 0. The van der Waals surface area contributed by atoms with Crippen molar-refractivity contribution < 1.29 is 5.11 Å². The first-order valence-corrected chi connectivity index (χ1v) is 4.78. The molecule has 0 heterocycles. The Bertz CT molecular complexity index is 120. The van der Waals surface area contributed by atoms with Gasteiger partial charge in [0.05, 0.1) is 0 Å². The van der Waals surface area contributed by atoms with Crippen LogP contribution in [0.25, 0.3) is 0 Å². The Kier molecular flexibility index (Phi) is 2.56. The second kappa shape index (κ2) is 2.81. The van der Waals surface area contributed by atoms with Crippen LogP contribution in [-0.2, 0) is 5.11 Å². The zero-order chi connectivity index (χ0) is 7.83. The van der Waals surface area contributed by atoms with E-state index in [0.29, 0.717) is 12.8 Å². The van der Waals surface area contributed by atoms with Gasteiger partial charge in [0, 0.05) is 0 Å². The maximum absolute atomic E-state index is 11.4. The fraction of sp³-hybridized carbons (Fsp3) is 1.00. The van der Waals surface area contributed by atoms with Gasteiger partial charge in [-0.15, -0.1) is 0 Å². The van der Waals surface area contributed by atoms with Crippen molar-refractivity contribution in [2.24, 2.45) is 0 Å². The molecule has 1 fully saturated rings. The summed E-state index contributed by atoms with van der Waals surface area (Å²) in [5.74, 6) is 0. The molecule has 1 nitrogen and oxygen atoms in total. The van der Waals surface area contributed by atoms with Crippen LogP contribution in [0.4, 0.5) is 0 Å². The van der Waals surface area contributed by atoms with Crippen molar-refractivity contribution in [3.8, 4) is 0 Å². The average Bonchev–Trinajstić information content (AvgIpc) is 1.77. The van der Waals surface area contributed by atoms with Crippen LogP contribution in [-0.4, -0.2) is 8.84 Å². The molecular formula is C6H8BrCl2O. The third-order valence-corrected chi connectivity index (χ3v) is 4.30. The predicted molar refractivity (Wildman–Crippen MR) is 45.2 cm³/mol. The van der Waals surface area contributed by atoms with E-state index in [-0.39, 0.29) is 0 Å². The minimum atomic E-state index is -1.33. The van der Waals surface area contributed by atoms with Crippen molar-refractivity contribution in [3.63, 3.8) is 0 Å². The third-order valence-electron chi connectivity index (χ3n) is 1.79. The lowest BCUT2D eigenvalue weighted by molar-refractivity contribution is 0.0219. The Balaban J connectivity index is 2.70. The van der Waals surface area contributed by atoms with Gasteiger partial charge >= 0.3 is 0 Å². The predicted octanol–water partition coefficient (Wildman–Crippen LogP) is 3.26. The van der Waals surface area contributed by atoms with Gasteiger partial charge in [-0.25, -0.2) is 5.11 Å². The highest BCUT2D eigenvalue weighted by Crippen LogP contribution is 2.49. The summed E-state index contributed by atoms with van der Waals surface area (Å²) in [7, 11) is 0. The van der Waals surface area contributed by atoms with E-state index in [9.17, 15) is 5.11 Å². The maximum Gasteiger partial charge on any atom is 0.190 e. The molecule has 0 N–H and O–H groups in total. The molecule has 1 atom stereocenters. The molecule has 0 saturated heterocycles. The van der Waals surface area contributed by atoms with E-state index in [2.05, 4.69) is 15.9 Å². The van der Waals surface area contributed by atoms with Gasteiger partial charge in [-0.1, -0.05) is 29.6 Å². The Morgan fingerprint density at radius 3 is 2.00 bits per heavy atom. The largest absolute Gasteiger partial charge is 0.214 e. The normalized spacial score (nSPS) is 39.6. The molecule has 1 aliphatic rings. The number of rotatable bonds is 0. The Hall–Kier alpha value is 1.02. The fourth-order valence-corrected chi connectivity index (χ4v) is 2.00. The second-order valence-corrected chi connectivity index (χ2v) is 5.40. The van der Waals surface area contributed by atoms with Gasteiger partial charge in [-0.2, -0.15) is 0 Å². The molecule has 1 aliphatic carbocycles. The van der Waals surface area contributed by atoms with E-state index in [4.69, 9.17) is 23.2 Å². The number of halogens is 3. The summed E-state index contributed by atoms with van der Waals surface area (Å²) in [6.45, 7) is 0. The number of hydrogen-bond donors (Lipinski definition) is 0. The third kappa shape index (κ3) is 1.60. The highest BCUT2D eigenvalue weighted by molar-refractivity contribution is 9.10. The van der Waals surface area contributed by atoms with Crippen molar-refractivity contribution in [3.05, 3.63) is 0 Å². The lowest BCUT2D eigenvalue weighted by atomic mass is 9.97. The minimum Gasteiger partial charge on any atom is -0.214 e. The van der Waals surface area contributed by atoms with Crippen molar-refractivity contribution in [1.29, 1.82) is 0 Å². The molecular weight excluding hydrogens is 239 g/mol. The SMILES string of the molecule is [O]C1(Br)CCCCC1(Cl)Cl. The van der Waals surface area contributed by atoms with Crippen LogP contribution in [0.3, 0.4) is 0 Å². The standard InChI is InChI=1S/C6H8BrCl2O/c7-5(10)3-1-2-4-6(5,8)9/h1-4H2. The van der Waals surface area contributed by atoms with Crippen LogP contribution in [0.15, 0.2) is 0 Å². The van der Waals surface area contributed by atoms with Crippen molar-refractivity contribution >= 4 is 39.1 Å². The molecule has 0 bridgehead atoms. The van der Waals surface area contributed by atoms with E-state index in [1.54, 1.807) is 0 Å². The van der Waals surface area contributed by atoms with Gasteiger partial charge < -0.3 is 0 Å². The topological polar surface area (TPSA) is 19.9 Å². The lowest BCUT2D eigenvalue weighted by Gasteiger charge is -2.35. The van der Waals surface area contributed by atoms with Crippen LogP contribution in [0.2, 0.25) is 0 Å². The average molecular weight is 247 g/mol.